The fraction of sp³-hybridized carbons (Fsp3) is 0.185. The van der Waals surface area contributed by atoms with E-state index in [4.69, 9.17) is 0 Å². The fourth-order valence-corrected chi connectivity index (χ4v) is 4.82. The van der Waals surface area contributed by atoms with Gasteiger partial charge in [0.2, 0.25) is 17.6 Å². The van der Waals surface area contributed by atoms with E-state index in [0.717, 1.165) is 33.5 Å². The van der Waals surface area contributed by atoms with Gasteiger partial charge in [0.25, 0.3) is 0 Å². The van der Waals surface area contributed by atoms with E-state index in [0.29, 0.717) is 10.9 Å². The van der Waals surface area contributed by atoms with Gasteiger partial charge in [-0.05, 0) is 67.8 Å². The van der Waals surface area contributed by atoms with E-state index in [1.807, 2.05) is 96.5 Å². The Bertz CT molecular complexity index is 1600. The van der Waals surface area contributed by atoms with Crippen LogP contribution in [0.4, 0.5) is 11.4 Å². The molecule has 9 heteroatoms. The largest absolute Gasteiger partial charge is 0.325 e. The van der Waals surface area contributed by atoms with Gasteiger partial charge >= 0.3 is 0 Å². The molecule has 5 rings (SSSR count). The Morgan fingerprint density at radius 2 is 1.56 bits per heavy atom. The van der Waals surface area contributed by atoms with Crippen LogP contribution in [0.3, 0.4) is 0 Å². The van der Waals surface area contributed by atoms with E-state index in [1.165, 1.54) is 17.3 Å². The minimum atomic E-state index is -0.155. The topological polar surface area (TPSA) is 93.3 Å². The Morgan fingerprint density at radius 1 is 0.806 bits per heavy atom. The molecule has 0 fully saturated rings. The van der Waals surface area contributed by atoms with Crippen molar-refractivity contribution in [2.24, 2.45) is 0 Å². The summed E-state index contributed by atoms with van der Waals surface area (Å²) in [5, 5.41) is 15.2. The van der Waals surface area contributed by atoms with Crippen LogP contribution in [0, 0.1) is 20.8 Å². The number of nitrogens with one attached hydrogen (secondary N) is 2. The molecular formula is C27H26N6O2S. The smallest absolute Gasteiger partial charge is 0.244 e. The zero-order valence-electron chi connectivity index (χ0n) is 20.3. The van der Waals surface area contributed by atoms with Gasteiger partial charge in [0, 0.05) is 11.4 Å². The molecule has 0 aliphatic carbocycles. The third-order valence-electron chi connectivity index (χ3n) is 6.12. The average molecular weight is 499 g/mol. The number of thioether (sulfide) groups is 1. The molecule has 0 unspecified atom stereocenters. The van der Waals surface area contributed by atoms with E-state index in [1.54, 1.807) is 0 Å². The van der Waals surface area contributed by atoms with E-state index >= 15 is 0 Å². The Hall–Kier alpha value is -4.11. The number of nitrogens with zero attached hydrogens (tertiary/aromatic N) is 4. The minimum absolute atomic E-state index is 0.0847. The number of rotatable bonds is 7. The van der Waals surface area contributed by atoms with Gasteiger partial charge in [0.15, 0.2) is 5.16 Å². The van der Waals surface area contributed by atoms with Crippen molar-refractivity contribution in [2.75, 3.05) is 16.4 Å². The SMILES string of the molecule is Cc1ccc(NC(=O)CSc2nnc3n(CC(=O)Nc4ccccc4C)c4ccccc4n23)cc1C. The predicted octanol–water partition coefficient (Wildman–Crippen LogP) is 4.98. The number of hydrogen-bond donors (Lipinski definition) is 2. The van der Waals surface area contributed by atoms with Crippen LogP contribution in [0.5, 0.6) is 0 Å². The van der Waals surface area contributed by atoms with Crippen molar-refractivity contribution in [1.29, 1.82) is 0 Å². The zero-order chi connectivity index (χ0) is 25.2. The van der Waals surface area contributed by atoms with Crippen LogP contribution in [0.25, 0.3) is 16.8 Å². The number of hydrogen-bond acceptors (Lipinski definition) is 5. The molecule has 182 valence electrons. The number of benzene rings is 3. The molecule has 0 spiro atoms. The van der Waals surface area contributed by atoms with Gasteiger partial charge in [-0.1, -0.05) is 48.2 Å². The summed E-state index contributed by atoms with van der Waals surface area (Å²) in [6.07, 6.45) is 0. The van der Waals surface area contributed by atoms with Crippen molar-refractivity contribution in [3.8, 4) is 0 Å². The lowest BCUT2D eigenvalue weighted by atomic mass is 10.1. The Labute approximate surface area is 212 Å². The normalized spacial score (nSPS) is 11.2. The number of carbonyl (C=O) groups excluding carboxylic acids is 2. The second-order valence-electron chi connectivity index (χ2n) is 8.69. The third kappa shape index (κ3) is 4.70. The van der Waals surface area contributed by atoms with Gasteiger partial charge in [-0.3, -0.25) is 18.6 Å². The van der Waals surface area contributed by atoms with Crippen molar-refractivity contribution in [2.45, 2.75) is 32.5 Å². The standard InChI is InChI=1S/C27H26N6O2S/c1-17-12-13-20(14-19(17)3)28-25(35)16-36-27-31-30-26-32(22-10-6-7-11-23(22)33(26)27)15-24(34)29-21-9-5-4-8-18(21)2/h4-14H,15-16H2,1-3H3,(H,28,35)(H,29,34). The maximum absolute atomic E-state index is 12.9. The Kier molecular flexibility index (Phi) is 6.47. The summed E-state index contributed by atoms with van der Waals surface area (Å²) in [5.74, 6) is 0.452. The maximum Gasteiger partial charge on any atom is 0.244 e. The van der Waals surface area contributed by atoms with Crippen molar-refractivity contribution < 1.29 is 9.59 Å². The molecule has 0 saturated heterocycles. The first-order valence-electron chi connectivity index (χ1n) is 11.6. The van der Waals surface area contributed by atoms with E-state index in [2.05, 4.69) is 20.8 Å². The molecule has 8 nitrogen and oxygen atoms in total. The molecule has 2 N–H and O–H groups in total. The first-order valence-corrected chi connectivity index (χ1v) is 12.6. The van der Waals surface area contributed by atoms with Gasteiger partial charge in [0.1, 0.15) is 6.54 Å². The van der Waals surface area contributed by atoms with Gasteiger partial charge < -0.3 is 10.6 Å². The van der Waals surface area contributed by atoms with Crippen LogP contribution in [-0.4, -0.2) is 36.7 Å². The van der Waals surface area contributed by atoms with Crippen LogP contribution in [0.1, 0.15) is 16.7 Å². The fourth-order valence-electron chi connectivity index (χ4n) is 4.08. The highest BCUT2D eigenvalue weighted by atomic mass is 32.2. The molecule has 0 bridgehead atoms. The molecule has 0 atom stereocenters. The van der Waals surface area contributed by atoms with Crippen molar-refractivity contribution in [1.82, 2.24) is 19.2 Å². The van der Waals surface area contributed by atoms with Crippen LogP contribution < -0.4 is 10.6 Å². The summed E-state index contributed by atoms with van der Waals surface area (Å²) >= 11 is 1.31. The number of fused-ring (bicyclic) bond motifs is 3. The highest BCUT2D eigenvalue weighted by Gasteiger charge is 2.19. The Morgan fingerprint density at radius 3 is 2.33 bits per heavy atom. The molecule has 0 saturated carbocycles. The molecule has 2 heterocycles. The number of para-hydroxylation sites is 3. The summed E-state index contributed by atoms with van der Waals surface area (Å²) in [5.41, 5.74) is 6.58. The van der Waals surface area contributed by atoms with Crippen LogP contribution in [0.15, 0.2) is 71.9 Å². The number of imidazole rings is 1. The lowest BCUT2D eigenvalue weighted by Gasteiger charge is -2.09. The van der Waals surface area contributed by atoms with Crippen LogP contribution >= 0.6 is 11.8 Å². The van der Waals surface area contributed by atoms with Crippen molar-refractivity contribution in [3.05, 3.63) is 83.4 Å². The number of aromatic nitrogens is 4. The zero-order valence-corrected chi connectivity index (χ0v) is 21.1. The number of amides is 2. The molecule has 0 radical (unpaired) electrons. The monoisotopic (exact) mass is 498 g/mol. The summed E-state index contributed by atoms with van der Waals surface area (Å²) in [4.78, 5) is 25.5. The highest BCUT2D eigenvalue weighted by molar-refractivity contribution is 7.99. The van der Waals surface area contributed by atoms with E-state index in [-0.39, 0.29) is 24.1 Å². The predicted molar refractivity (Wildman–Crippen MR) is 144 cm³/mol. The number of aryl methyl sites for hydroxylation is 3. The van der Waals surface area contributed by atoms with E-state index in [9.17, 15) is 9.59 Å². The molecule has 0 aliphatic heterocycles. The third-order valence-corrected chi connectivity index (χ3v) is 7.04. The summed E-state index contributed by atoms with van der Waals surface area (Å²) in [6.45, 7) is 6.10. The molecule has 2 aromatic heterocycles. The first-order chi connectivity index (χ1) is 17.4. The van der Waals surface area contributed by atoms with E-state index < -0.39 is 0 Å². The van der Waals surface area contributed by atoms with Gasteiger partial charge in [0.05, 0.1) is 16.8 Å². The summed E-state index contributed by atoms with van der Waals surface area (Å²) < 4.78 is 3.74. The molecule has 3 aromatic carbocycles. The van der Waals surface area contributed by atoms with Gasteiger partial charge in [-0.2, -0.15) is 0 Å². The minimum Gasteiger partial charge on any atom is -0.325 e. The number of carbonyl (C=O) groups is 2. The van der Waals surface area contributed by atoms with Gasteiger partial charge in [-0.15, -0.1) is 10.2 Å². The molecule has 36 heavy (non-hydrogen) atoms. The lowest BCUT2D eigenvalue weighted by Crippen LogP contribution is -2.19. The quantitative estimate of drug-likeness (QED) is 0.309. The maximum atomic E-state index is 12.9. The number of anilines is 2. The lowest BCUT2D eigenvalue weighted by molar-refractivity contribution is -0.116. The second kappa shape index (κ2) is 9.87. The van der Waals surface area contributed by atoms with Gasteiger partial charge in [-0.25, -0.2) is 0 Å². The average Bonchev–Trinajstić information content (AvgIpc) is 3.41. The van der Waals surface area contributed by atoms with Crippen LogP contribution in [0.2, 0.25) is 0 Å². The summed E-state index contributed by atoms with van der Waals surface area (Å²) in [7, 11) is 0. The second-order valence-corrected chi connectivity index (χ2v) is 9.63. The van der Waals surface area contributed by atoms with Crippen molar-refractivity contribution in [3.63, 3.8) is 0 Å². The highest BCUT2D eigenvalue weighted by Crippen LogP contribution is 2.26. The molecular weight excluding hydrogens is 472 g/mol. The summed E-state index contributed by atoms with van der Waals surface area (Å²) in [6, 6.07) is 21.3. The molecule has 0 aliphatic rings. The molecule has 2 amide bonds. The Balaban J connectivity index is 1.36. The van der Waals surface area contributed by atoms with Crippen LogP contribution in [-0.2, 0) is 16.1 Å². The van der Waals surface area contributed by atoms with Crippen molar-refractivity contribution >= 4 is 51.8 Å². The molecule has 5 aromatic rings. The first kappa shape index (κ1) is 23.6.